The molecule has 4 aromatic rings. The number of ether oxygens (including phenoxy) is 2. The minimum absolute atomic E-state index is 0.224. The van der Waals surface area contributed by atoms with Crippen molar-refractivity contribution in [3.63, 3.8) is 0 Å². The predicted octanol–water partition coefficient (Wildman–Crippen LogP) is 5.46. The van der Waals surface area contributed by atoms with Crippen molar-refractivity contribution in [3.05, 3.63) is 50.5 Å². The molecule has 0 atom stereocenters. The zero-order valence-corrected chi connectivity index (χ0v) is 20.5. The normalized spacial score (nSPS) is 11.2. The number of methoxy groups -OCH3 is 2. The molecule has 0 spiro atoms. The number of thiazole rings is 1. The van der Waals surface area contributed by atoms with Gasteiger partial charge >= 0.3 is 0 Å². The van der Waals surface area contributed by atoms with Gasteiger partial charge in [-0.1, -0.05) is 6.07 Å². The van der Waals surface area contributed by atoms with E-state index < -0.39 is 0 Å². The summed E-state index contributed by atoms with van der Waals surface area (Å²) in [5.74, 6) is 0.730. The minimum Gasteiger partial charge on any atom is -0.480 e. The van der Waals surface area contributed by atoms with E-state index >= 15 is 0 Å². The number of amides is 1. The van der Waals surface area contributed by atoms with Gasteiger partial charge in [0.15, 0.2) is 11.0 Å². The lowest BCUT2D eigenvalue weighted by atomic mass is 9.99. The number of carbonyl (C=O) groups excluding carboxylic acids is 1. The van der Waals surface area contributed by atoms with Crippen LogP contribution in [0, 0.1) is 27.7 Å². The summed E-state index contributed by atoms with van der Waals surface area (Å²) in [6.45, 7) is 8.41. The van der Waals surface area contributed by atoms with Crippen LogP contribution in [-0.2, 0) is 11.3 Å². The van der Waals surface area contributed by atoms with E-state index in [9.17, 15) is 4.79 Å². The topological polar surface area (TPSA) is 86.2 Å². The van der Waals surface area contributed by atoms with Crippen LogP contribution in [0.4, 0.5) is 5.13 Å². The van der Waals surface area contributed by atoms with E-state index in [1.165, 1.54) is 33.8 Å². The zero-order valence-electron chi connectivity index (χ0n) is 18.8. The summed E-state index contributed by atoms with van der Waals surface area (Å²) in [6, 6.07) is 4.30. The first-order valence-electron chi connectivity index (χ1n) is 10.0. The largest absolute Gasteiger partial charge is 0.480 e. The van der Waals surface area contributed by atoms with Gasteiger partial charge in [0.1, 0.15) is 11.4 Å². The van der Waals surface area contributed by atoms with E-state index in [1.807, 2.05) is 12.3 Å². The fourth-order valence-electron chi connectivity index (χ4n) is 3.55. The number of nitrogens with one attached hydrogen (secondary N) is 1. The van der Waals surface area contributed by atoms with Crippen molar-refractivity contribution in [3.8, 4) is 17.1 Å². The third kappa shape index (κ3) is 4.11. The molecular weight excluding hydrogens is 444 g/mol. The van der Waals surface area contributed by atoms with Crippen molar-refractivity contribution in [2.24, 2.45) is 0 Å². The Balaban J connectivity index is 1.64. The maximum absolute atomic E-state index is 13.1. The second-order valence-corrected chi connectivity index (χ2v) is 9.42. The first kappa shape index (κ1) is 22.3. The molecule has 0 aliphatic carbocycles. The van der Waals surface area contributed by atoms with Gasteiger partial charge in [-0.15, -0.1) is 22.7 Å². The molecule has 7 nitrogen and oxygen atoms in total. The van der Waals surface area contributed by atoms with Crippen LogP contribution in [0.1, 0.15) is 37.7 Å². The molecule has 1 amide bonds. The molecule has 3 heterocycles. The number of carbonyl (C=O) groups is 1. The molecule has 0 fully saturated rings. The molecule has 0 saturated heterocycles. The smallest absolute Gasteiger partial charge is 0.267 e. The van der Waals surface area contributed by atoms with E-state index in [1.54, 1.807) is 14.2 Å². The number of aryl methyl sites for hydroxylation is 4. The summed E-state index contributed by atoms with van der Waals surface area (Å²) in [6.07, 6.45) is 0. The van der Waals surface area contributed by atoms with Crippen LogP contribution in [0.2, 0.25) is 0 Å². The lowest BCUT2D eigenvalue weighted by Crippen LogP contribution is -2.11. The lowest BCUT2D eigenvalue weighted by Gasteiger charge is -2.07. The van der Waals surface area contributed by atoms with Gasteiger partial charge in [0.25, 0.3) is 5.91 Å². The highest BCUT2D eigenvalue weighted by Crippen LogP contribution is 2.36. The molecule has 1 aromatic carbocycles. The van der Waals surface area contributed by atoms with Gasteiger partial charge < -0.3 is 9.47 Å². The molecule has 0 radical (unpaired) electrons. The molecule has 9 heteroatoms. The third-order valence-electron chi connectivity index (χ3n) is 5.32. The average Bonchev–Trinajstić information content (AvgIpc) is 3.35. The van der Waals surface area contributed by atoms with Crippen LogP contribution in [0.5, 0.6) is 5.88 Å². The van der Waals surface area contributed by atoms with Gasteiger partial charge in [-0.05, 0) is 56.0 Å². The molecule has 4 rings (SSSR count). The van der Waals surface area contributed by atoms with Crippen molar-refractivity contribution in [1.29, 1.82) is 0 Å². The van der Waals surface area contributed by atoms with Gasteiger partial charge in [-0.2, -0.15) is 4.98 Å². The maximum atomic E-state index is 13.1. The van der Waals surface area contributed by atoms with E-state index in [-0.39, 0.29) is 12.5 Å². The minimum atomic E-state index is -0.224. The monoisotopic (exact) mass is 468 g/mol. The quantitative estimate of drug-likeness (QED) is 0.405. The van der Waals surface area contributed by atoms with Crippen LogP contribution in [0.15, 0.2) is 17.5 Å². The van der Waals surface area contributed by atoms with E-state index in [0.29, 0.717) is 26.5 Å². The molecule has 32 heavy (non-hydrogen) atoms. The Morgan fingerprint density at radius 2 is 1.78 bits per heavy atom. The molecule has 0 saturated carbocycles. The second kappa shape index (κ2) is 8.93. The Hall–Kier alpha value is -2.88. The van der Waals surface area contributed by atoms with Crippen LogP contribution < -0.4 is 10.1 Å². The summed E-state index contributed by atoms with van der Waals surface area (Å²) in [7, 11) is 3.14. The number of aromatic nitrogens is 3. The number of thiophene rings is 1. The summed E-state index contributed by atoms with van der Waals surface area (Å²) in [5, 5.41) is 6.20. The van der Waals surface area contributed by atoms with Gasteiger partial charge in [0.2, 0.25) is 5.88 Å². The fraction of sp³-hybridized carbons (Fsp3) is 0.304. The Kier molecular flexibility index (Phi) is 6.23. The highest BCUT2D eigenvalue weighted by atomic mass is 32.1. The van der Waals surface area contributed by atoms with Crippen molar-refractivity contribution in [1.82, 2.24) is 15.0 Å². The fourth-order valence-corrected chi connectivity index (χ4v) is 5.34. The van der Waals surface area contributed by atoms with Crippen LogP contribution in [0.3, 0.4) is 0 Å². The number of hydrogen-bond donors (Lipinski definition) is 1. The van der Waals surface area contributed by atoms with E-state index in [4.69, 9.17) is 9.47 Å². The van der Waals surface area contributed by atoms with E-state index in [0.717, 1.165) is 27.8 Å². The number of nitrogens with zero attached hydrogens (tertiary/aromatic N) is 3. The SMILES string of the molecule is COCc1nc(OC)c2c(C)c(C(=O)Nc3nc(-c4cc(C)c(C)cc4C)cs3)sc2n1. The molecule has 0 aliphatic heterocycles. The van der Waals surface area contributed by atoms with E-state index in [2.05, 4.69) is 53.2 Å². The van der Waals surface area contributed by atoms with Gasteiger partial charge in [0.05, 0.1) is 23.1 Å². The van der Waals surface area contributed by atoms with Crippen molar-refractivity contribution < 1.29 is 14.3 Å². The highest BCUT2D eigenvalue weighted by Gasteiger charge is 2.22. The average molecular weight is 469 g/mol. The van der Waals surface area contributed by atoms with Crippen molar-refractivity contribution >= 4 is 43.9 Å². The van der Waals surface area contributed by atoms with Crippen LogP contribution in [-0.4, -0.2) is 35.1 Å². The van der Waals surface area contributed by atoms with Crippen molar-refractivity contribution in [2.45, 2.75) is 34.3 Å². The highest BCUT2D eigenvalue weighted by molar-refractivity contribution is 7.21. The predicted molar refractivity (Wildman–Crippen MR) is 129 cm³/mol. The second-order valence-electron chi connectivity index (χ2n) is 7.56. The summed E-state index contributed by atoms with van der Waals surface area (Å²) >= 11 is 2.72. The molecule has 3 aromatic heterocycles. The molecule has 0 unspecified atom stereocenters. The molecule has 166 valence electrons. The molecular formula is C23H24N4O3S2. The van der Waals surface area contributed by atoms with Gasteiger partial charge in [0, 0.05) is 18.1 Å². The third-order valence-corrected chi connectivity index (χ3v) is 7.26. The van der Waals surface area contributed by atoms with Crippen LogP contribution in [0.25, 0.3) is 21.5 Å². The van der Waals surface area contributed by atoms with Gasteiger partial charge in [-0.25, -0.2) is 9.97 Å². The van der Waals surface area contributed by atoms with Crippen molar-refractivity contribution in [2.75, 3.05) is 19.5 Å². The first-order chi connectivity index (χ1) is 15.3. The summed E-state index contributed by atoms with van der Waals surface area (Å²) in [5.41, 5.74) is 6.35. The summed E-state index contributed by atoms with van der Waals surface area (Å²) in [4.78, 5) is 27.9. The number of fused-ring (bicyclic) bond motifs is 1. The van der Waals surface area contributed by atoms with Gasteiger partial charge in [-0.3, -0.25) is 10.1 Å². The Morgan fingerprint density at radius 1 is 1.03 bits per heavy atom. The Morgan fingerprint density at radius 3 is 2.50 bits per heavy atom. The number of anilines is 1. The number of benzene rings is 1. The number of hydrogen-bond acceptors (Lipinski definition) is 8. The summed E-state index contributed by atoms with van der Waals surface area (Å²) < 4.78 is 10.6. The van der Waals surface area contributed by atoms with Crippen LogP contribution >= 0.6 is 22.7 Å². The number of rotatable bonds is 6. The Bertz CT molecular complexity index is 1330. The first-order valence-corrected chi connectivity index (χ1v) is 11.7. The zero-order chi connectivity index (χ0) is 23.0. The standard InChI is InChI=1S/C23H24N4O3S2/c1-11-7-13(3)15(8-12(11)2)16-10-31-23(24-16)27-20(28)19-14(4)18-21(30-6)25-17(9-29-5)26-22(18)32-19/h7-8,10H,9H2,1-6H3,(H,24,27,28). The molecule has 1 N–H and O–H groups in total. The Labute approximate surface area is 194 Å². The molecule has 0 bridgehead atoms. The maximum Gasteiger partial charge on any atom is 0.267 e. The molecule has 0 aliphatic rings. The lowest BCUT2D eigenvalue weighted by molar-refractivity contribution is 0.103.